The van der Waals surface area contributed by atoms with E-state index < -0.39 is 0 Å². The number of H-pyrrole nitrogens is 1. The lowest BCUT2D eigenvalue weighted by Gasteiger charge is -2.04. The van der Waals surface area contributed by atoms with Crippen molar-refractivity contribution in [2.45, 2.75) is 26.7 Å². The van der Waals surface area contributed by atoms with Crippen LogP contribution >= 0.6 is 0 Å². The highest BCUT2D eigenvalue weighted by Crippen LogP contribution is 2.23. The van der Waals surface area contributed by atoms with Gasteiger partial charge in [-0.15, -0.1) is 0 Å². The van der Waals surface area contributed by atoms with Gasteiger partial charge >= 0.3 is 0 Å². The van der Waals surface area contributed by atoms with E-state index in [1.165, 1.54) is 0 Å². The number of nitrogens with one attached hydrogen (secondary N) is 1. The zero-order valence-corrected chi connectivity index (χ0v) is 12.1. The van der Waals surface area contributed by atoms with E-state index in [-0.39, 0.29) is 0 Å². The topological polar surface area (TPSA) is 55.7 Å². The maximum absolute atomic E-state index is 5.18. The Morgan fingerprint density at radius 1 is 1.20 bits per heavy atom. The number of benzene rings is 1. The number of nitrogens with zero attached hydrogens (tertiary/aromatic N) is 3. The predicted octanol–water partition coefficient (Wildman–Crippen LogP) is 3.19. The SMILES string of the molecule is COc1ccc(-n2nc(C)c3[nH]c(C(C)C)nc32)cc1. The monoisotopic (exact) mass is 270 g/mol. The van der Waals surface area contributed by atoms with Gasteiger partial charge in [0.2, 0.25) is 0 Å². The number of aryl methyl sites for hydroxylation is 1. The molecule has 1 aromatic carbocycles. The number of hydrogen-bond donors (Lipinski definition) is 1. The van der Waals surface area contributed by atoms with E-state index in [0.717, 1.165) is 34.1 Å². The molecule has 3 rings (SSSR count). The molecule has 0 atom stereocenters. The largest absolute Gasteiger partial charge is 0.497 e. The Hall–Kier alpha value is -2.30. The van der Waals surface area contributed by atoms with E-state index in [4.69, 9.17) is 4.74 Å². The first-order valence-electron chi connectivity index (χ1n) is 6.70. The molecule has 2 heterocycles. The van der Waals surface area contributed by atoms with E-state index in [2.05, 4.69) is 28.9 Å². The second-order valence-corrected chi connectivity index (χ2v) is 5.17. The molecule has 104 valence electrons. The lowest BCUT2D eigenvalue weighted by Crippen LogP contribution is -1.99. The minimum Gasteiger partial charge on any atom is -0.497 e. The van der Waals surface area contributed by atoms with Gasteiger partial charge in [0, 0.05) is 5.92 Å². The van der Waals surface area contributed by atoms with E-state index in [0.29, 0.717) is 5.92 Å². The number of aromatic nitrogens is 4. The standard InChI is InChI=1S/C15H18N4O/c1-9(2)14-16-13-10(3)18-19(15(13)17-14)11-5-7-12(20-4)8-6-11/h5-9H,1-4H3,(H,16,17). The Kier molecular flexibility index (Phi) is 2.97. The van der Waals surface area contributed by atoms with E-state index in [9.17, 15) is 0 Å². The molecule has 0 saturated carbocycles. The highest BCUT2D eigenvalue weighted by molar-refractivity contribution is 5.76. The zero-order chi connectivity index (χ0) is 14.3. The fourth-order valence-corrected chi connectivity index (χ4v) is 2.21. The molecule has 0 saturated heterocycles. The summed E-state index contributed by atoms with van der Waals surface area (Å²) in [5, 5.41) is 4.56. The van der Waals surface area contributed by atoms with Gasteiger partial charge < -0.3 is 9.72 Å². The minimum atomic E-state index is 0.367. The van der Waals surface area contributed by atoms with Gasteiger partial charge in [-0.2, -0.15) is 5.10 Å². The van der Waals surface area contributed by atoms with Crippen molar-refractivity contribution in [1.82, 2.24) is 19.7 Å². The Morgan fingerprint density at radius 2 is 1.90 bits per heavy atom. The van der Waals surface area contributed by atoms with E-state index in [1.807, 2.05) is 35.9 Å². The number of hydrogen-bond acceptors (Lipinski definition) is 3. The van der Waals surface area contributed by atoms with Gasteiger partial charge in [-0.25, -0.2) is 9.67 Å². The van der Waals surface area contributed by atoms with Gasteiger partial charge in [-0.3, -0.25) is 0 Å². The maximum atomic E-state index is 5.18. The Bertz CT molecular complexity index is 737. The molecule has 0 aliphatic rings. The number of rotatable bonds is 3. The fourth-order valence-electron chi connectivity index (χ4n) is 2.21. The third-order valence-electron chi connectivity index (χ3n) is 3.38. The van der Waals surface area contributed by atoms with Gasteiger partial charge in [0.05, 0.1) is 18.5 Å². The van der Waals surface area contributed by atoms with Crippen molar-refractivity contribution in [2.75, 3.05) is 7.11 Å². The molecule has 0 fully saturated rings. The molecule has 0 spiro atoms. The predicted molar refractivity (Wildman–Crippen MR) is 78.6 cm³/mol. The van der Waals surface area contributed by atoms with Crippen LogP contribution in [0.25, 0.3) is 16.9 Å². The Labute approximate surface area is 117 Å². The van der Waals surface area contributed by atoms with Crippen LogP contribution in [-0.4, -0.2) is 26.9 Å². The first-order chi connectivity index (χ1) is 9.60. The molecule has 5 heteroatoms. The number of aromatic amines is 1. The average molecular weight is 270 g/mol. The molecule has 0 bridgehead atoms. The summed E-state index contributed by atoms with van der Waals surface area (Å²) in [5.41, 5.74) is 3.81. The van der Waals surface area contributed by atoms with Gasteiger partial charge in [-0.1, -0.05) is 13.8 Å². The van der Waals surface area contributed by atoms with Crippen molar-refractivity contribution >= 4 is 11.2 Å². The molecule has 3 aromatic rings. The van der Waals surface area contributed by atoms with Gasteiger partial charge in [-0.05, 0) is 31.2 Å². The first-order valence-corrected chi connectivity index (χ1v) is 6.70. The third kappa shape index (κ3) is 1.95. The number of methoxy groups -OCH3 is 1. The number of ether oxygens (including phenoxy) is 1. The van der Waals surface area contributed by atoms with Crippen LogP contribution in [0.2, 0.25) is 0 Å². The molecule has 2 aromatic heterocycles. The zero-order valence-electron chi connectivity index (χ0n) is 12.1. The summed E-state index contributed by atoms with van der Waals surface area (Å²) in [5.74, 6) is 2.19. The van der Waals surface area contributed by atoms with Crippen molar-refractivity contribution in [2.24, 2.45) is 0 Å². The van der Waals surface area contributed by atoms with Gasteiger partial charge in [0.25, 0.3) is 0 Å². The average Bonchev–Trinajstić information content (AvgIpc) is 3.00. The molecule has 0 radical (unpaired) electrons. The second-order valence-electron chi connectivity index (χ2n) is 5.17. The number of imidazole rings is 1. The third-order valence-corrected chi connectivity index (χ3v) is 3.38. The summed E-state index contributed by atoms with van der Waals surface area (Å²) < 4.78 is 7.05. The van der Waals surface area contributed by atoms with Crippen LogP contribution in [-0.2, 0) is 0 Å². The quantitative estimate of drug-likeness (QED) is 0.795. The van der Waals surface area contributed by atoms with Crippen molar-refractivity contribution in [1.29, 1.82) is 0 Å². The van der Waals surface area contributed by atoms with Crippen LogP contribution in [0.15, 0.2) is 24.3 Å². The van der Waals surface area contributed by atoms with Crippen LogP contribution in [0.4, 0.5) is 0 Å². The summed E-state index contributed by atoms with van der Waals surface area (Å²) in [6, 6.07) is 7.81. The summed E-state index contributed by atoms with van der Waals surface area (Å²) in [6.07, 6.45) is 0. The van der Waals surface area contributed by atoms with Crippen LogP contribution in [0.3, 0.4) is 0 Å². The van der Waals surface area contributed by atoms with Crippen LogP contribution in [0, 0.1) is 6.92 Å². The van der Waals surface area contributed by atoms with Crippen molar-refractivity contribution in [3.63, 3.8) is 0 Å². The van der Waals surface area contributed by atoms with Crippen LogP contribution in [0.5, 0.6) is 5.75 Å². The van der Waals surface area contributed by atoms with E-state index in [1.54, 1.807) is 7.11 Å². The van der Waals surface area contributed by atoms with Gasteiger partial charge in [0.1, 0.15) is 17.1 Å². The molecule has 0 aliphatic heterocycles. The summed E-state index contributed by atoms with van der Waals surface area (Å²) in [7, 11) is 1.66. The number of fused-ring (bicyclic) bond motifs is 1. The lowest BCUT2D eigenvalue weighted by molar-refractivity contribution is 0.414. The minimum absolute atomic E-state index is 0.367. The van der Waals surface area contributed by atoms with Gasteiger partial charge in [0.15, 0.2) is 5.65 Å². The highest BCUT2D eigenvalue weighted by Gasteiger charge is 2.15. The first kappa shape index (κ1) is 12.7. The molecule has 20 heavy (non-hydrogen) atoms. The molecule has 5 nitrogen and oxygen atoms in total. The maximum Gasteiger partial charge on any atom is 0.181 e. The summed E-state index contributed by atoms with van der Waals surface area (Å²) in [6.45, 7) is 6.24. The van der Waals surface area contributed by atoms with Crippen LogP contribution in [0.1, 0.15) is 31.3 Å². The summed E-state index contributed by atoms with van der Waals surface area (Å²) in [4.78, 5) is 8.02. The second kappa shape index (κ2) is 4.67. The van der Waals surface area contributed by atoms with Crippen molar-refractivity contribution < 1.29 is 4.74 Å². The van der Waals surface area contributed by atoms with Crippen molar-refractivity contribution in [3.05, 3.63) is 35.8 Å². The molecule has 0 amide bonds. The molecule has 0 aliphatic carbocycles. The Balaban J connectivity index is 2.14. The van der Waals surface area contributed by atoms with E-state index >= 15 is 0 Å². The molecular formula is C15H18N4O. The highest BCUT2D eigenvalue weighted by atomic mass is 16.5. The fraction of sp³-hybridized carbons (Fsp3) is 0.333. The lowest BCUT2D eigenvalue weighted by atomic mass is 10.2. The molecule has 0 unspecified atom stereocenters. The summed E-state index contributed by atoms with van der Waals surface area (Å²) >= 11 is 0. The molecular weight excluding hydrogens is 252 g/mol. The normalized spacial score (nSPS) is 11.4. The van der Waals surface area contributed by atoms with Crippen LogP contribution < -0.4 is 4.74 Å². The smallest absolute Gasteiger partial charge is 0.181 e. The molecule has 1 N–H and O–H groups in total. The Morgan fingerprint density at radius 3 is 2.50 bits per heavy atom. The van der Waals surface area contributed by atoms with Crippen molar-refractivity contribution in [3.8, 4) is 11.4 Å².